The first-order valence-corrected chi connectivity index (χ1v) is 13.4. The van der Waals surface area contributed by atoms with Crippen LogP contribution in [0.1, 0.15) is 32.6 Å². The van der Waals surface area contributed by atoms with Gasteiger partial charge in [0.25, 0.3) is 0 Å². The highest BCUT2D eigenvalue weighted by Crippen LogP contribution is 2.39. The van der Waals surface area contributed by atoms with Gasteiger partial charge < -0.3 is 15.4 Å². The number of piperidine rings is 1. The Balaban J connectivity index is 1.36. The maximum atomic E-state index is 12.9. The number of nitrogens with zero attached hydrogens (tertiary/aromatic N) is 3. The zero-order valence-corrected chi connectivity index (χ0v) is 20.2. The summed E-state index contributed by atoms with van der Waals surface area (Å²) in [5, 5.41) is 18.0. The lowest BCUT2D eigenvalue weighted by molar-refractivity contribution is -0.130. The topological polar surface area (TPSA) is 127 Å². The van der Waals surface area contributed by atoms with Crippen LogP contribution in [0.4, 0.5) is 5.69 Å². The molecule has 4 aliphatic rings. The third-order valence-corrected chi connectivity index (χ3v) is 9.34. The molecule has 1 aromatic rings. The number of hydrogen-bond acceptors (Lipinski definition) is 8. The van der Waals surface area contributed by atoms with Gasteiger partial charge >= 0.3 is 0 Å². The van der Waals surface area contributed by atoms with Crippen molar-refractivity contribution in [3.05, 3.63) is 24.3 Å². The van der Waals surface area contributed by atoms with E-state index in [0.717, 1.165) is 24.9 Å². The second kappa shape index (κ2) is 9.09. The minimum absolute atomic E-state index is 0.0290. The number of fused-ring (bicyclic) bond motifs is 1. The molecule has 0 aromatic heterocycles. The first kappa shape index (κ1) is 23.5. The number of ether oxygens (including phenoxy) is 1. The molecule has 4 heterocycles. The van der Waals surface area contributed by atoms with Gasteiger partial charge in [-0.05, 0) is 49.4 Å². The lowest BCUT2D eigenvalue weighted by Gasteiger charge is -2.46. The van der Waals surface area contributed by atoms with Crippen molar-refractivity contribution in [3.63, 3.8) is 0 Å². The van der Waals surface area contributed by atoms with Crippen molar-refractivity contribution in [2.24, 2.45) is 11.8 Å². The van der Waals surface area contributed by atoms with Crippen molar-refractivity contribution in [2.75, 3.05) is 38.2 Å². The average Bonchev–Trinajstić information content (AvgIpc) is 3.18. The maximum absolute atomic E-state index is 12.9. The molecule has 3 unspecified atom stereocenters. The summed E-state index contributed by atoms with van der Waals surface area (Å²) in [6, 6.07) is 8.96. The van der Waals surface area contributed by atoms with E-state index in [1.165, 1.54) is 4.31 Å². The zero-order valence-electron chi connectivity index (χ0n) is 19.4. The van der Waals surface area contributed by atoms with Crippen LogP contribution in [0.15, 0.2) is 29.2 Å². The summed E-state index contributed by atoms with van der Waals surface area (Å²) in [6.45, 7) is 4.87. The highest BCUT2D eigenvalue weighted by molar-refractivity contribution is 7.89. The summed E-state index contributed by atoms with van der Waals surface area (Å²) in [4.78, 5) is 13.2. The van der Waals surface area contributed by atoms with Crippen LogP contribution in [0.2, 0.25) is 0 Å². The minimum atomic E-state index is -3.47. The van der Waals surface area contributed by atoms with Gasteiger partial charge in [-0.2, -0.15) is 9.57 Å². The van der Waals surface area contributed by atoms with Gasteiger partial charge in [0.1, 0.15) is 6.17 Å². The second-order valence-corrected chi connectivity index (χ2v) is 11.9. The third-order valence-electron chi connectivity index (χ3n) is 7.49. The number of carbonyl (C=O) groups is 1. The van der Waals surface area contributed by atoms with Crippen LogP contribution in [0, 0.1) is 23.2 Å². The van der Waals surface area contributed by atoms with Gasteiger partial charge in [0.15, 0.2) is 0 Å². The third kappa shape index (κ3) is 4.07. The van der Waals surface area contributed by atoms with Gasteiger partial charge in [0, 0.05) is 38.0 Å². The van der Waals surface area contributed by atoms with Crippen molar-refractivity contribution < 1.29 is 17.9 Å². The van der Waals surface area contributed by atoms with E-state index in [4.69, 9.17) is 4.74 Å². The largest absolute Gasteiger partial charge is 0.379 e. The van der Waals surface area contributed by atoms with Crippen LogP contribution in [-0.2, 0) is 19.6 Å². The van der Waals surface area contributed by atoms with E-state index in [1.807, 2.05) is 6.92 Å². The number of sulfonamides is 1. The second-order valence-electron chi connectivity index (χ2n) is 9.96. The molecule has 5 rings (SSSR count). The molecule has 0 aliphatic carbocycles. The van der Waals surface area contributed by atoms with Crippen LogP contribution in [-0.4, -0.2) is 74.2 Å². The highest BCUT2D eigenvalue weighted by Gasteiger charge is 2.54. The van der Waals surface area contributed by atoms with Crippen LogP contribution in [0.5, 0.6) is 0 Å². The molecule has 1 amide bonds. The molecule has 10 nitrogen and oxygen atoms in total. The SMILES string of the molecule is CC1CN(S(=O)(=O)c2ccc(NC3NN([C@]4(CC#N)CCCOC4)C4CCNC(=O)C34)cc2)C1. The summed E-state index contributed by atoms with van der Waals surface area (Å²) in [5.74, 6) is 0.0106. The number of hydrogen-bond donors (Lipinski definition) is 3. The Hall–Kier alpha value is -2.23. The molecular formula is C23H32N6O4S. The summed E-state index contributed by atoms with van der Waals surface area (Å²) < 4.78 is 32.8. The Morgan fingerprint density at radius 2 is 2.06 bits per heavy atom. The van der Waals surface area contributed by atoms with Gasteiger partial charge in [0.05, 0.1) is 35.4 Å². The number of anilines is 1. The van der Waals surface area contributed by atoms with E-state index in [1.54, 1.807) is 24.3 Å². The molecule has 3 N–H and O–H groups in total. The minimum Gasteiger partial charge on any atom is -0.379 e. The molecule has 0 radical (unpaired) electrons. The van der Waals surface area contributed by atoms with E-state index in [-0.39, 0.29) is 28.9 Å². The Morgan fingerprint density at radius 1 is 1.29 bits per heavy atom. The summed E-state index contributed by atoms with van der Waals surface area (Å²) in [7, 11) is -3.47. The fourth-order valence-electron chi connectivity index (χ4n) is 5.70. The molecule has 184 valence electrons. The molecule has 4 atom stereocenters. The average molecular weight is 489 g/mol. The Labute approximate surface area is 200 Å². The number of benzene rings is 1. The van der Waals surface area contributed by atoms with Crippen molar-refractivity contribution in [2.45, 2.75) is 55.2 Å². The molecule has 4 aliphatic heterocycles. The molecule has 34 heavy (non-hydrogen) atoms. The lowest BCUT2D eigenvalue weighted by atomic mass is 9.84. The fraction of sp³-hybridized carbons (Fsp3) is 0.652. The van der Waals surface area contributed by atoms with Gasteiger partial charge in [-0.25, -0.2) is 18.9 Å². The van der Waals surface area contributed by atoms with Crippen LogP contribution in [0.3, 0.4) is 0 Å². The number of rotatable bonds is 6. The first-order valence-electron chi connectivity index (χ1n) is 12.0. The van der Waals surface area contributed by atoms with E-state index in [9.17, 15) is 18.5 Å². The van der Waals surface area contributed by atoms with Gasteiger partial charge in [0.2, 0.25) is 15.9 Å². The Kier molecular flexibility index (Phi) is 6.29. The van der Waals surface area contributed by atoms with E-state index in [0.29, 0.717) is 45.2 Å². The maximum Gasteiger partial charge on any atom is 0.243 e. The quantitative estimate of drug-likeness (QED) is 0.538. The lowest BCUT2D eigenvalue weighted by Crippen LogP contribution is -2.61. The smallest absolute Gasteiger partial charge is 0.243 e. The zero-order chi connectivity index (χ0) is 23.9. The van der Waals surface area contributed by atoms with Gasteiger partial charge in [-0.15, -0.1) is 0 Å². The van der Waals surface area contributed by atoms with E-state index >= 15 is 0 Å². The molecule has 0 bridgehead atoms. The standard InChI is InChI=1S/C23H32N6O4S/c1-16-13-28(14-16)34(31,32)18-5-3-17(4-6-18)26-21-20-19(7-11-25-22(20)30)29(27-21)23(9-10-24)8-2-12-33-15-23/h3-6,16,19-21,26-27H,2,7-9,11-15H2,1H3,(H,25,30)/t19?,20?,21?,23-/m0/s1. The number of carbonyl (C=O) groups excluding carboxylic acids is 1. The Morgan fingerprint density at radius 3 is 2.71 bits per heavy atom. The van der Waals surface area contributed by atoms with Gasteiger partial charge in [-0.1, -0.05) is 6.92 Å². The molecular weight excluding hydrogens is 456 g/mol. The van der Waals surface area contributed by atoms with Crippen LogP contribution < -0.4 is 16.1 Å². The predicted molar refractivity (Wildman–Crippen MR) is 125 cm³/mol. The molecule has 0 saturated carbocycles. The first-order chi connectivity index (χ1) is 16.3. The van der Waals surface area contributed by atoms with Crippen molar-refractivity contribution in [3.8, 4) is 6.07 Å². The normalized spacial score (nSPS) is 32.9. The molecule has 4 fully saturated rings. The monoisotopic (exact) mass is 488 g/mol. The van der Waals surface area contributed by atoms with E-state index < -0.39 is 15.6 Å². The summed E-state index contributed by atoms with van der Waals surface area (Å²) in [6.07, 6.45) is 2.40. The molecule has 11 heteroatoms. The summed E-state index contributed by atoms with van der Waals surface area (Å²) in [5.41, 5.74) is 3.75. The Bertz CT molecular complexity index is 1060. The number of nitrogens with one attached hydrogen (secondary N) is 3. The van der Waals surface area contributed by atoms with Gasteiger partial charge in [-0.3, -0.25) is 4.79 Å². The van der Waals surface area contributed by atoms with Crippen molar-refractivity contribution in [1.29, 1.82) is 5.26 Å². The van der Waals surface area contributed by atoms with Crippen molar-refractivity contribution in [1.82, 2.24) is 20.1 Å². The number of hydrazine groups is 1. The van der Waals surface area contributed by atoms with Crippen LogP contribution in [0.25, 0.3) is 0 Å². The number of nitriles is 1. The molecule has 1 aromatic carbocycles. The number of amides is 1. The van der Waals surface area contributed by atoms with E-state index in [2.05, 4.69) is 27.1 Å². The van der Waals surface area contributed by atoms with Crippen LogP contribution >= 0.6 is 0 Å². The molecule has 0 spiro atoms. The highest BCUT2D eigenvalue weighted by atomic mass is 32.2. The summed E-state index contributed by atoms with van der Waals surface area (Å²) >= 11 is 0. The fourth-order valence-corrected chi connectivity index (χ4v) is 7.38. The predicted octanol–water partition coefficient (Wildman–Crippen LogP) is 0.853. The molecule has 4 saturated heterocycles. The van der Waals surface area contributed by atoms with Crippen molar-refractivity contribution >= 4 is 21.6 Å².